The Morgan fingerprint density at radius 3 is 2.79 bits per heavy atom. The SMILES string of the molecule is Cc1c(-c2[nH]c3ccc(C4CCCNC4)cc3c2C(C)C)cn2ncnc2c1C. The summed E-state index contributed by atoms with van der Waals surface area (Å²) in [5.74, 6) is 1.03. The predicted molar refractivity (Wildman–Crippen MR) is 119 cm³/mol. The second-order valence-electron chi connectivity index (χ2n) is 8.74. The number of aromatic nitrogens is 4. The molecule has 1 aliphatic heterocycles. The first-order valence-corrected chi connectivity index (χ1v) is 10.7. The minimum Gasteiger partial charge on any atom is -0.354 e. The number of aromatic amines is 1. The molecule has 3 aromatic heterocycles. The van der Waals surface area contributed by atoms with E-state index in [0.29, 0.717) is 11.8 Å². The molecule has 0 spiro atoms. The smallest absolute Gasteiger partial charge is 0.158 e. The number of hydrogen-bond acceptors (Lipinski definition) is 3. The van der Waals surface area contributed by atoms with Crippen LogP contribution in [0.1, 0.15) is 60.8 Å². The molecular weight excluding hydrogens is 358 g/mol. The van der Waals surface area contributed by atoms with Crippen molar-refractivity contribution in [2.75, 3.05) is 13.1 Å². The maximum atomic E-state index is 4.41. The zero-order valence-corrected chi connectivity index (χ0v) is 17.7. The summed E-state index contributed by atoms with van der Waals surface area (Å²) < 4.78 is 1.90. The fraction of sp³-hybridized carbons (Fsp3) is 0.417. The standard InChI is InChI=1S/C24H29N5/c1-14(2)22-19-10-17(18-6-5-9-25-11-18)7-8-21(19)28-23(22)20-12-29-24(26-13-27-29)16(4)15(20)3/h7-8,10,12-14,18,25,28H,5-6,9,11H2,1-4H3. The lowest BCUT2D eigenvalue weighted by Crippen LogP contribution is -2.28. The quantitative estimate of drug-likeness (QED) is 0.515. The summed E-state index contributed by atoms with van der Waals surface area (Å²) in [6, 6.07) is 7.01. The fourth-order valence-corrected chi connectivity index (χ4v) is 4.89. The molecule has 0 amide bonds. The molecule has 29 heavy (non-hydrogen) atoms. The monoisotopic (exact) mass is 387 g/mol. The Balaban J connectivity index is 1.72. The van der Waals surface area contributed by atoms with Gasteiger partial charge in [0.25, 0.3) is 0 Å². The molecule has 150 valence electrons. The molecule has 1 aromatic carbocycles. The summed E-state index contributed by atoms with van der Waals surface area (Å²) in [4.78, 5) is 8.15. The molecule has 2 N–H and O–H groups in total. The highest BCUT2D eigenvalue weighted by Crippen LogP contribution is 2.39. The molecule has 4 aromatic rings. The lowest BCUT2D eigenvalue weighted by atomic mass is 9.89. The van der Waals surface area contributed by atoms with Gasteiger partial charge < -0.3 is 10.3 Å². The van der Waals surface area contributed by atoms with Gasteiger partial charge >= 0.3 is 0 Å². The summed E-state index contributed by atoms with van der Waals surface area (Å²) in [6.07, 6.45) is 6.28. The Bertz CT molecular complexity index is 1190. The first kappa shape index (κ1) is 18.4. The van der Waals surface area contributed by atoms with Crippen molar-refractivity contribution in [3.63, 3.8) is 0 Å². The van der Waals surface area contributed by atoms with Crippen LogP contribution in [0.2, 0.25) is 0 Å². The van der Waals surface area contributed by atoms with Gasteiger partial charge in [0.2, 0.25) is 0 Å². The molecule has 5 rings (SSSR count). The molecular formula is C24H29N5. The maximum Gasteiger partial charge on any atom is 0.158 e. The van der Waals surface area contributed by atoms with Crippen molar-refractivity contribution >= 4 is 16.6 Å². The van der Waals surface area contributed by atoms with Gasteiger partial charge in [-0.25, -0.2) is 9.50 Å². The minimum atomic E-state index is 0.421. The van der Waals surface area contributed by atoms with E-state index in [2.05, 4.69) is 72.5 Å². The number of fused-ring (bicyclic) bond motifs is 2. The van der Waals surface area contributed by atoms with Gasteiger partial charge in [-0.2, -0.15) is 5.10 Å². The third-order valence-corrected chi connectivity index (χ3v) is 6.60. The van der Waals surface area contributed by atoms with Crippen LogP contribution in [0.15, 0.2) is 30.7 Å². The van der Waals surface area contributed by atoms with Gasteiger partial charge in [-0.05, 0) is 79.5 Å². The summed E-state index contributed by atoms with van der Waals surface area (Å²) in [5, 5.41) is 9.31. The normalized spacial score (nSPS) is 17.6. The molecule has 5 heteroatoms. The van der Waals surface area contributed by atoms with Crippen LogP contribution < -0.4 is 5.32 Å². The largest absolute Gasteiger partial charge is 0.354 e. The van der Waals surface area contributed by atoms with E-state index in [1.165, 1.54) is 57.3 Å². The van der Waals surface area contributed by atoms with Crippen molar-refractivity contribution in [3.05, 3.63) is 53.0 Å². The van der Waals surface area contributed by atoms with E-state index in [1.54, 1.807) is 6.33 Å². The third-order valence-electron chi connectivity index (χ3n) is 6.60. The topological polar surface area (TPSA) is 58.0 Å². The highest BCUT2D eigenvalue weighted by molar-refractivity contribution is 5.92. The Hall–Kier alpha value is -2.66. The minimum absolute atomic E-state index is 0.421. The average molecular weight is 388 g/mol. The lowest BCUT2D eigenvalue weighted by Gasteiger charge is -2.23. The van der Waals surface area contributed by atoms with Crippen molar-refractivity contribution in [1.82, 2.24) is 24.9 Å². The van der Waals surface area contributed by atoms with Gasteiger partial charge in [-0.3, -0.25) is 0 Å². The van der Waals surface area contributed by atoms with E-state index in [9.17, 15) is 0 Å². The van der Waals surface area contributed by atoms with E-state index >= 15 is 0 Å². The van der Waals surface area contributed by atoms with E-state index in [-0.39, 0.29) is 0 Å². The number of pyridine rings is 1. The van der Waals surface area contributed by atoms with Gasteiger partial charge in [0, 0.05) is 29.2 Å². The second kappa shape index (κ2) is 6.99. The Morgan fingerprint density at radius 2 is 2.03 bits per heavy atom. The van der Waals surface area contributed by atoms with Crippen LogP contribution in [0, 0.1) is 13.8 Å². The first-order valence-electron chi connectivity index (χ1n) is 10.7. The molecule has 5 nitrogen and oxygen atoms in total. The van der Waals surface area contributed by atoms with E-state index in [0.717, 1.165) is 18.7 Å². The Kier molecular flexibility index (Phi) is 4.43. The number of rotatable bonds is 3. The van der Waals surface area contributed by atoms with Crippen LogP contribution >= 0.6 is 0 Å². The van der Waals surface area contributed by atoms with Crippen LogP contribution in [0.5, 0.6) is 0 Å². The molecule has 1 fully saturated rings. The number of benzene rings is 1. The van der Waals surface area contributed by atoms with Crippen molar-refractivity contribution in [2.24, 2.45) is 0 Å². The molecule has 1 atom stereocenters. The van der Waals surface area contributed by atoms with Crippen molar-refractivity contribution in [2.45, 2.75) is 52.4 Å². The summed E-state index contributed by atoms with van der Waals surface area (Å²) in [5.41, 5.74) is 9.86. The van der Waals surface area contributed by atoms with Gasteiger partial charge in [-0.1, -0.05) is 19.9 Å². The number of piperidine rings is 1. The van der Waals surface area contributed by atoms with Crippen LogP contribution in [-0.4, -0.2) is 32.7 Å². The fourth-order valence-electron chi connectivity index (χ4n) is 4.89. The molecule has 0 radical (unpaired) electrons. The number of H-pyrrole nitrogens is 1. The average Bonchev–Trinajstić information content (AvgIpc) is 3.35. The molecule has 1 saturated heterocycles. The van der Waals surface area contributed by atoms with Crippen molar-refractivity contribution in [3.8, 4) is 11.3 Å². The highest BCUT2D eigenvalue weighted by atomic mass is 15.3. The number of hydrogen-bond donors (Lipinski definition) is 2. The third kappa shape index (κ3) is 2.96. The van der Waals surface area contributed by atoms with Crippen LogP contribution in [0.3, 0.4) is 0 Å². The zero-order chi connectivity index (χ0) is 20.1. The van der Waals surface area contributed by atoms with Gasteiger partial charge in [0.05, 0.1) is 5.69 Å². The molecule has 1 aliphatic rings. The van der Waals surface area contributed by atoms with Crippen molar-refractivity contribution < 1.29 is 0 Å². The molecule has 0 bridgehead atoms. The summed E-state index contributed by atoms with van der Waals surface area (Å²) in [7, 11) is 0. The maximum absolute atomic E-state index is 4.41. The Morgan fingerprint density at radius 1 is 1.17 bits per heavy atom. The Labute approximate surface area is 171 Å². The lowest BCUT2D eigenvalue weighted by molar-refractivity contribution is 0.462. The molecule has 4 heterocycles. The van der Waals surface area contributed by atoms with E-state index < -0.39 is 0 Å². The molecule has 0 saturated carbocycles. The van der Waals surface area contributed by atoms with Gasteiger partial charge in [-0.15, -0.1) is 0 Å². The summed E-state index contributed by atoms with van der Waals surface area (Å²) in [6.45, 7) is 11.1. The number of aryl methyl sites for hydroxylation is 1. The second-order valence-corrected chi connectivity index (χ2v) is 8.74. The van der Waals surface area contributed by atoms with Crippen LogP contribution in [0.4, 0.5) is 0 Å². The first-order chi connectivity index (χ1) is 14.0. The predicted octanol–water partition coefficient (Wildman–Crippen LogP) is 5.08. The van der Waals surface area contributed by atoms with Crippen LogP contribution in [0.25, 0.3) is 27.8 Å². The van der Waals surface area contributed by atoms with Crippen LogP contribution in [-0.2, 0) is 0 Å². The van der Waals surface area contributed by atoms with Gasteiger partial charge in [0.15, 0.2) is 5.65 Å². The molecule has 1 unspecified atom stereocenters. The van der Waals surface area contributed by atoms with Crippen molar-refractivity contribution in [1.29, 1.82) is 0 Å². The number of nitrogens with one attached hydrogen (secondary N) is 2. The zero-order valence-electron chi connectivity index (χ0n) is 17.7. The summed E-state index contributed by atoms with van der Waals surface area (Å²) >= 11 is 0. The number of nitrogens with zero attached hydrogens (tertiary/aromatic N) is 3. The van der Waals surface area contributed by atoms with E-state index in [1.807, 2.05) is 4.52 Å². The molecule has 0 aliphatic carbocycles. The van der Waals surface area contributed by atoms with Gasteiger partial charge in [0.1, 0.15) is 6.33 Å². The highest BCUT2D eigenvalue weighted by Gasteiger charge is 2.22. The van der Waals surface area contributed by atoms with E-state index in [4.69, 9.17) is 0 Å².